The average Bonchev–Trinajstić information content (AvgIpc) is 3.57. The lowest BCUT2D eigenvalue weighted by Gasteiger charge is -2.44. The molecule has 6 atom stereocenters. The second-order valence-corrected chi connectivity index (χ2v) is 10.1. The van der Waals surface area contributed by atoms with Gasteiger partial charge in [-0.15, -0.1) is 0 Å². The molecule has 174 valence electrons. The summed E-state index contributed by atoms with van der Waals surface area (Å²) in [6.07, 6.45) is 3.69. The minimum atomic E-state index is -0.371. The van der Waals surface area contributed by atoms with E-state index in [0.29, 0.717) is 26.1 Å². The van der Waals surface area contributed by atoms with Gasteiger partial charge in [0.1, 0.15) is 23.4 Å². The number of carbonyl (C=O) groups excluding carboxylic acids is 2. The number of ether oxygens (including phenoxy) is 4. The Hall–Kier alpha value is -1.64. The van der Waals surface area contributed by atoms with Gasteiger partial charge in [0.15, 0.2) is 0 Å². The van der Waals surface area contributed by atoms with Crippen LogP contribution in [0.1, 0.15) is 40.0 Å². The van der Waals surface area contributed by atoms with Crippen molar-refractivity contribution >= 4 is 12.0 Å². The maximum atomic E-state index is 12.7. The molecule has 1 saturated carbocycles. The summed E-state index contributed by atoms with van der Waals surface area (Å²) in [6.45, 7) is 7.82. The van der Waals surface area contributed by atoms with Crippen LogP contribution in [-0.2, 0) is 23.7 Å². The van der Waals surface area contributed by atoms with Crippen molar-refractivity contribution in [2.75, 3.05) is 40.9 Å². The van der Waals surface area contributed by atoms with E-state index in [4.69, 9.17) is 18.9 Å². The minimum absolute atomic E-state index is 0.00608. The van der Waals surface area contributed by atoms with Crippen LogP contribution in [0, 0.1) is 11.8 Å². The Bertz CT molecular complexity index is 753. The average molecular weight is 437 g/mol. The zero-order chi connectivity index (χ0) is 22.6. The number of rotatable bonds is 6. The molecule has 1 aliphatic carbocycles. The first-order valence-electron chi connectivity index (χ1n) is 11.3. The van der Waals surface area contributed by atoms with Gasteiger partial charge in [0.25, 0.3) is 0 Å². The van der Waals surface area contributed by atoms with Gasteiger partial charge in [-0.3, -0.25) is 4.79 Å². The predicted molar refractivity (Wildman–Crippen MR) is 114 cm³/mol. The molecule has 4 aliphatic rings. The fourth-order valence-corrected chi connectivity index (χ4v) is 5.42. The van der Waals surface area contributed by atoms with E-state index in [1.807, 2.05) is 0 Å². The van der Waals surface area contributed by atoms with Crippen molar-refractivity contribution in [2.24, 2.45) is 11.8 Å². The number of amides is 2. The highest BCUT2D eigenvalue weighted by atomic mass is 16.6. The van der Waals surface area contributed by atoms with E-state index in [0.717, 1.165) is 12.8 Å². The lowest BCUT2D eigenvalue weighted by atomic mass is 9.68. The van der Waals surface area contributed by atoms with E-state index in [-0.39, 0.29) is 53.4 Å². The van der Waals surface area contributed by atoms with Crippen LogP contribution in [-0.4, -0.2) is 92.2 Å². The summed E-state index contributed by atoms with van der Waals surface area (Å²) in [6, 6.07) is 0. The fraction of sp³-hybridized carbons (Fsp3) is 0.826. The van der Waals surface area contributed by atoms with Crippen LogP contribution in [0.2, 0.25) is 0 Å². The molecule has 31 heavy (non-hydrogen) atoms. The van der Waals surface area contributed by atoms with Crippen molar-refractivity contribution < 1.29 is 28.5 Å². The second-order valence-electron chi connectivity index (χ2n) is 10.1. The third-order valence-electron chi connectivity index (χ3n) is 7.42. The van der Waals surface area contributed by atoms with Gasteiger partial charge in [0.05, 0.1) is 24.5 Å². The van der Waals surface area contributed by atoms with Gasteiger partial charge >= 0.3 is 6.09 Å². The third-order valence-corrected chi connectivity index (χ3v) is 7.42. The highest BCUT2D eigenvalue weighted by Gasteiger charge is 2.72. The summed E-state index contributed by atoms with van der Waals surface area (Å²) >= 11 is 0. The molecule has 1 spiro atoms. The van der Waals surface area contributed by atoms with Crippen LogP contribution < -0.4 is 0 Å². The van der Waals surface area contributed by atoms with Crippen LogP contribution in [0.3, 0.4) is 0 Å². The highest BCUT2D eigenvalue weighted by Crippen LogP contribution is 2.59. The lowest BCUT2D eigenvalue weighted by Crippen LogP contribution is -2.59. The second kappa shape index (κ2) is 8.05. The topological polar surface area (TPSA) is 84.1 Å². The molecule has 3 saturated heterocycles. The Morgan fingerprint density at radius 2 is 1.94 bits per heavy atom. The highest BCUT2D eigenvalue weighted by molar-refractivity contribution is 5.82. The van der Waals surface area contributed by atoms with Gasteiger partial charge in [-0.2, -0.15) is 0 Å². The fourth-order valence-electron chi connectivity index (χ4n) is 5.42. The summed E-state index contributed by atoms with van der Waals surface area (Å²) in [5.41, 5.74) is 0.682. The van der Waals surface area contributed by atoms with Crippen LogP contribution in [0.4, 0.5) is 4.79 Å². The Balaban J connectivity index is 1.40. The molecular weight excluding hydrogens is 400 g/mol. The Labute approximate surface area is 184 Å². The van der Waals surface area contributed by atoms with E-state index in [1.54, 1.807) is 31.0 Å². The smallest absolute Gasteiger partial charge is 0.410 e. The lowest BCUT2D eigenvalue weighted by molar-refractivity contribution is -0.140. The third kappa shape index (κ3) is 4.10. The standard InChI is InChI=1S/C23H36N2O6/c1-14(2)7-8-17-22(3,31-17)19-18(28-6)16(9-10-23(19)13-29-23)30-21(27)25-11-15(12-25)20(26)24(4)5/h7,15-19H,8-13H2,1-6H3/t16?,17-,18?,19?,22+,23?/m1/s1. The number of hydrogen-bond donors (Lipinski definition) is 0. The van der Waals surface area contributed by atoms with Crippen molar-refractivity contribution in [2.45, 2.75) is 69.5 Å². The molecule has 4 unspecified atom stereocenters. The Morgan fingerprint density at radius 1 is 1.26 bits per heavy atom. The number of nitrogens with zero attached hydrogens (tertiary/aromatic N) is 2. The first-order chi connectivity index (χ1) is 14.6. The number of methoxy groups -OCH3 is 1. The minimum Gasteiger partial charge on any atom is -0.443 e. The summed E-state index contributed by atoms with van der Waals surface area (Å²) < 4.78 is 24.0. The number of carbonyl (C=O) groups is 2. The molecule has 0 bridgehead atoms. The zero-order valence-electron chi connectivity index (χ0n) is 19.6. The van der Waals surface area contributed by atoms with E-state index < -0.39 is 0 Å². The maximum absolute atomic E-state index is 12.7. The van der Waals surface area contributed by atoms with Crippen molar-refractivity contribution in [3.63, 3.8) is 0 Å². The molecule has 0 aromatic heterocycles. The largest absolute Gasteiger partial charge is 0.443 e. The van der Waals surface area contributed by atoms with Gasteiger partial charge in [-0.1, -0.05) is 11.6 Å². The summed E-state index contributed by atoms with van der Waals surface area (Å²) in [7, 11) is 5.14. The van der Waals surface area contributed by atoms with E-state index in [2.05, 4.69) is 26.8 Å². The zero-order valence-corrected chi connectivity index (χ0v) is 19.6. The van der Waals surface area contributed by atoms with Crippen LogP contribution in [0.5, 0.6) is 0 Å². The van der Waals surface area contributed by atoms with Crippen molar-refractivity contribution in [3.8, 4) is 0 Å². The molecular formula is C23H36N2O6. The van der Waals surface area contributed by atoms with Crippen LogP contribution in [0.15, 0.2) is 11.6 Å². The van der Waals surface area contributed by atoms with E-state index >= 15 is 0 Å². The van der Waals surface area contributed by atoms with E-state index in [1.165, 1.54) is 5.57 Å². The molecule has 2 amide bonds. The normalized spacial score (nSPS) is 39.0. The molecule has 0 radical (unpaired) electrons. The van der Waals surface area contributed by atoms with E-state index in [9.17, 15) is 9.59 Å². The van der Waals surface area contributed by atoms with Crippen molar-refractivity contribution in [3.05, 3.63) is 11.6 Å². The molecule has 3 aliphatic heterocycles. The SMILES string of the molecule is COC1C(OC(=O)N2CC(C(=O)N(C)C)C2)CCC2(CO2)C1[C@@]1(C)O[C@@H]1CC=C(C)C. The van der Waals surface area contributed by atoms with Crippen LogP contribution >= 0.6 is 0 Å². The first kappa shape index (κ1) is 22.6. The van der Waals surface area contributed by atoms with Gasteiger partial charge < -0.3 is 28.7 Å². The summed E-state index contributed by atoms with van der Waals surface area (Å²) in [5, 5.41) is 0. The molecule has 4 rings (SSSR count). The summed E-state index contributed by atoms with van der Waals surface area (Å²) in [5.74, 6) is -0.0882. The molecule has 3 heterocycles. The maximum Gasteiger partial charge on any atom is 0.410 e. The Kier molecular flexibility index (Phi) is 5.85. The number of epoxide rings is 2. The number of allylic oxidation sites excluding steroid dienone is 1. The van der Waals surface area contributed by atoms with Gasteiger partial charge in [0, 0.05) is 34.3 Å². The molecule has 0 N–H and O–H groups in total. The van der Waals surface area contributed by atoms with Crippen LogP contribution in [0.25, 0.3) is 0 Å². The molecule has 0 aromatic rings. The quantitative estimate of drug-likeness (QED) is 0.469. The van der Waals surface area contributed by atoms with Gasteiger partial charge in [-0.25, -0.2) is 4.79 Å². The number of hydrogen-bond acceptors (Lipinski definition) is 6. The van der Waals surface area contributed by atoms with Gasteiger partial charge in [-0.05, 0) is 40.0 Å². The molecule has 0 aromatic carbocycles. The monoisotopic (exact) mass is 436 g/mol. The molecule has 8 nitrogen and oxygen atoms in total. The Morgan fingerprint density at radius 3 is 2.48 bits per heavy atom. The van der Waals surface area contributed by atoms with Gasteiger partial charge in [0.2, 0.25) is 5.91 Å². The summed E-state index contributed by atoms with van der Waals surface area (Å²) in [4.78, 5) is 27.9. The molecule has 8 heteroatoms. The van der Waals surface area contributed by atoms with Crippen molar-refractivity contribution in [1.29, 1.82) is 0 Å². The number of likely N-dealkylation sites (tertiary alicyclic amines) is 1. The predicted octanol–water partition coefficient (Wildman–Crippen LogP) is 2.22. The molecule has 4 fully saturated rings. The van der Waals surface area contributed by atoms with Crippen molar-refractivity contribution in [1.82, 2.24) is 9.80 Å². The first-order valence-corrected chi connectivity index (χ1v) is 11.3.